The van der Waals surface area contributed by atoms with Gasteiger partial charge < -0.3 is 9.32 Å². The fraction of sp³-hybridized carbons (Fsp3) is 0.375. The second-order valence-corrected chi connectivity index (χ2v) is 8.29. The molecule has 1 amide bonds. The van der Waals surface area contributed by atoms with Gasteiger partial charge in [-0.05, 0) is 61.1 Å². The van der Waals surface area contributed by atoms with E-state index in [4.69, 9.17) is 16.0 Å². The van der Waals surface area contributed by atoms with Gasteiger partial charge in [-0.3, -0.25) is 4.79 Å². The van der Waals surface area contributed by atoms with Gasteiger partial charge in [0.25, 0.3) is 0 Å². The van der Waals surface area contributed by atoms with Gasteiger partial charge in [-0.15, -0.1) is 10.2 Å². The molecule has 0 radical (unpaired) electrons. The average molecular weight is 424 g/mol. The van der Waals surface area contributed by atoms with Crippen molar-refractivity contribution in [2.24, 2.45) is 0 Å². The first-order valence-corrected chi connectivity index (χ1v) is 11.0. The van der Waals surface area contributed by atoms with Crippen molar-refractivity contribution < 1.29 is 9.21 Å². The van der Waals surface area contributed by atoms with Gasteiger partial charge >= 0.3 is 0 Å². The number of hydrogen-bond acceptors (Lipinski definition) is 4. The zero-order valence-corrected chi connectivity index (χ0v) is 17.9. The molecule has 1 aliphatic carbocycles. The minimum Gasteiger partial charge on any atom is -0.419 e. The highest BCUT2D eigenvalue weighted by Gasteiger charge is 2.33. The van der Waals surface area contributed by atoms with E-state index in [2.05, 4.69) is 41.4 Å². The highest BCUT2D eigenvalue weighted by molar-refractivity contribution is 6.30. The largest absolute Gasteiger partial charge is 0.419 e. The van der Waals surface area contributed by atoms with Crippen LogP contribution in [0, 0.1) is 0 Å². The van der Waals surface area contributed by atoms with Crippen LogP contribution in [0.15, 0.2) is 52.9 Å². The molecule has 1 saturated carbocycles. The molecular formula is C24H26ClN3O2. The molecule has 0 unspecified atom stereocenters. The lowest BCUT2D eigenvalue weighted by Crippen LogP contribution is -2.34. The van der Waals surface area contributed by atoms with Gasteiger partial charge in [0.15, 0.2) is 0 Å². The summed E-state index contributed by atoms with van der Waals surface area (Å²) in [6, 6.07) is 15.9. The highest BCUT2D eigenvalue weighted by Crippen LogP contribution is 2.29. The second kappa shape index (κ2) is 9.43. The highest BCUT2D eigenvalue weighted by atomic mass is 35.5. The van der Waals surface area contributed by atoms with Crippen LogP contribution < -0.4 is 0 Å². The van der Waals surface area contributed by atoms with Crippen LogP contribution >= 0.6 is 11.6 Å². The minimum atomic E-state index is 0.102. The quantitative estimate of drug-likeness (QED) is 0.458. The fourth-order valence-electron chi connectivity index (χ4n) is 3.46. The predicted octanol–water partition coefficient (Wildman–Crippen LogP) is 5.47. The third kappa shape index (κ3) is 5.28. The molecule has 3 aromatic rings. The summed E-state index contributed by atoms with van der Waals surface area (Å²) in [5.74, 6) is 0.993. The van der Waals surface area contributed by atoms with E-state index in [9.17, 15) is 4.79 Å². The van der Waals surface area contributed by atoms with Gasteiger partial charge in [-0.2, -0.15) is 0 Å². The molecule has 4 rings (SSSR count). The molecule has 0 spiro atoms. The molecule has 0 N–H and O–H groups in total. The van der Waals surface area contributed by atoms with Crippen molar-refractivity contribution >= 4 is 17.5 Å². The minimum absolute atomic E-state index is 0.102. The van der Waals surface area contributed by atoms with Crippen LogP contribution in [0.4, 0.5) is 0 Å². The summed E-state index contributed by atoms with van der Waals surface area (Å²) in [5, 5.41) is 8.93. The number of unbranched alkanes of at least 4 members (excludes halogenated alkanes) is 1. The summed E-state index contributed by atoms with van der Waals surface area (Å²) in [6.07, 6.45) is 5.91. The molecule has 1 aliphatic rings. The van der Waals surface area contributed by atoms with Gasteiger partial charge in [-0.25, -0.2) is 0 Å². The van der Waals surface area contributed by atoms with E-state index in [0.29, 0.717) is 29.8 Å². The Morgan fingerprint density at radius 1 is 1.07 bits per heavy atom. The molecule has 6 heteroatoms. The zero-order valence-electron chi connectivity index (χ0n) is 17.2. The van der Waals surface area contributed by atoms with Crippen molar-refractivity contribution in [2.75, 3.05) is 0 Å². The third-order valence-corrected chi connectivity index (χ3v) is 5.62. The number of aryl methyl sites for hydroxylation is 1. The van der Waals surface area contributed by atoms with E-state index in [1.165, 1.54) is 18.4 Å². The van der Waals surface area contributed by atoms with Crippen molar-refractivity contribution in [3.05, 3.63) is 70.6 Å². The van der Waals surface area contributed by atoms with Crippen LogP contribution in [-0.4, -0.2) is 27.0 Å². The standard InChI is InChI=1S/C24H26ClN3O2/c1-2-3-4-17-5-7-18(8-6-17)15-23(29)28(21-13-14-21)16-22-26-27-24(30-22)19-9-11-20(25)12-10-19/h5-12,21H,2-4,13-16H2,1H3. The topological polar surface area (TPSA) is 59.2 Å². The maximum Gasteiger partial charge on any atom is 0.247 e. The second-order valence-electron chi connectivity index (χ2n) is 7.86. The summed E-state index contributed by atoms with van der Waals surface area (Å²) in [5.41, 5.74) is 3.18. The summed E-state index contributed by atoms with van der Waals surface area (Å²) in [4.78, 5) is 14.9. The van der Waals surface area contributed by atoms with Crippen molar-refractivity contribution in [3.63, 3.8) is 0 Å². The van der Waals surface area contributed by atoms with Crippen LogP contribution in [0.3, 0.4) is 0 Å². The molecule has 1 aromatic heterocycles. The van der Waals surface area contributed by atoms with Gasteiger partial charge in [-0.1, -0.05) is 49.2 Å². The van der Waals surface area contributed by atoms with Crippen LogP contribution in [0.2, 0.25) is 5.02 Å². The normalized spacial score (nSPS) is 13.4. The third-order valence-electron chi connectivity index (χ3n) is 5.37. The Labute approximate surface area is 182 Å². The summed E-state index contributed by atoms with van der Waals surface area (Å²) in [6.45, 7) is 2.54. The Bertz CT molecular complexity index is 978. The average Bonchev–Trinajstić information content (AvgIpc) is 3.49. The van der Waals surface area contributed by atoms with E-state index in [1.807, 2.05) is 17.0 Å². The number of hydrogen-bond donors (Lipinski definition) is 0. The molecule has 0 saturated heterocycles. The van der Waals surface area contributed by atoms with Crippen molar-refractivity contribution in [1.29, 1.82) is 0 Å². The number of carbonyl (C=O) groups is 1. The number of aromatic nitrogens is 2. The lowest BCUT2D eigenvalue weighted by Gasteiger charge is -2.20. The fourth-order valence-corrected chi connectivity index (χ4v) is 3.59. The number of rotatable bonds is 9. The smallest absolute Gasteiger partial charge is 0.247 e. The first-order valence-electron chi connectivity index (χ1n) is 10.6. The predicted molar refractivity (Wildman–Crippen MR) is 117 cm³/mol. The van der Waals surface area contributed by atoms with E-state index in [0.717, 1.165) is 30.4 Å². The van der Waals surface area contributed by atoms with Crippen molar-refractivity contribution in [2.45, 2.75) is 58.0 Å². The van der Waals surface area contributed by atoms with Crippen molar-refractivity contribution in [1.82, 2.24) is 15.1 Å². The molecule has 156 valence electrons. The molecular weight excluding hydrogens is 398 g/mol. The summed E-state index contributed by atoms with van der Waals surface area (Å²) >= 11 is 5.94. The molecule has 30 heavy (non-hydrogen) atoms. The van der Waals surface area contributed by atoms with Gasteiger partial charge in [0.1, 0.15) is 0 Å². The molecule has 1 heterocycles. The molecule has 0 aliphatic heterocycles. The monoisotopic (exact) mass is 423 g/mol. The molecule has 0 bridgehead atoms. The zero-order chi connectivity index (χ0) is 20.9. The van der Waals surface area contributed by atoms with E-state index in [-0.39, 0.29) is 11.9 Å². The molecule has 1 fully saturated rings. The Morgan fingerprint density at radius 2 is 1.77 bits per heavy atom. The van der Waals surface area contributed by atoms with Crippen LogP contribution in [0.1, 0.15) is 49.6 Å². The SMILES string of the molecule is CCCCc1ccc(CC(=O)N(Cc2nnc(-c3ccc(Cl)cc3)o2)C2CC2)cc1. The summed E-state index contributed by atoms with van der Waals surface area (Å²) < 4.78 is 5.81. The number of benzene rings is 2. The Kier molecular flexibility index (Phi) is 6.48. The lowest BCUT2D eigenvalue weighted by atomic mass is 10.0. The summed E-state index contributed by atoms with van der Waals surface area (Å²) in [7, 11) is 0. The van der Waals surface area contributed by atoms with Gasteiger partial charge in [0.05, 0.1) is 13.0 Å². The first-order chi connectivity index (χ1) is 14.6. The Balaban J connectivity index is 1.40. The van der Waals surface area contributed by atoms with Gasteiger partial charge in [0.2, 0.25) is 17.7 Å². The van der Waals surface area contributed by atoms with Gasteiger partial charge in [0, 0.05) is 16.6 Å². The number of halogens is 1. The van der Waals surface area contributed by atoms with E-state index >= 15 is 0 Å². The van der Waals surface area contributed by atoms with Crippen LogP contribution in [0.25, 0.3) is 11.5 Å². The number of carbonyl (C=O) groups excluding carboxylic acids is 1. The Hall–Kier alpha value is -2.66. The van der Waals surface area contributed by atoms with Crippen LogP contribution in [0.5, 0.6) is 0 Å². The van der Waals surface area contributed by atoms with Crippen molar-refractivity contribution in [3.8, 4) is 11.5 Å². The Morgan fingerprint density at radius 3 is 2.43 bits per heavy atom. The van der Waals surface area contributed by atoms with E-state index in [1.54, 1.807) is 12.1 Å². The molecule has 5 nitrogen and oxygen atoms in total. The van der Waals surface area contributed by atoms with Crippen LogP contribution in [-0.2, 0) is 24.2 Å². The molecule has 0 atom stereocenters. The lowest BCUT2D eigenvalue weighted by molar-refractivity contribution is -0.132. The molecule has 2 aromatic carbocycles. The number of nitrogens with zero attached hydrogens (tertiary/aromatic N) is 3. The van der Waals surface area contributed by atoms with E-state index < -0.39 is 0 Å². The maximum atomic E-state index is 13.0. The number of amides is 1. The first kappa shape index (κ1) is 20.6. The maximum absolute atomic E-state index is 13.0.